The molecular formula is C13H24N2S. The van der Waals surface area contributed by atoms with Gasteiger partial charge in [0, 0.05) is 36.6 Å². The van der Waals surface area contributed by atoms with E-state index >= 15 is 0 Å². The Labute approximate surface area is 105 Å². The van der Waals surface area contributed by atoms with Gasteiger partial charge in [0.25, 0.3) is 0 Å². The highest BCUT2D eigenvalue weighted by Gasteiger charge is 2.26. The van der Waals surface area contributed by atoms with E-state index in [2.05, 4.69) is 41.9 Å². The van der Waals surface area contributed by atoms with E-state index in [0.29, 0.717) is 12.1 Å². The average Bonchev–Trinajstić information content (AvgIpc) is 2.29. The first-order valence-electron chi connectivity index (χ1n) is 6.24. The SMILES string of the molecule is C#CCCCC(NCC)C1CSCCN1C. The van der Waals surface area contributed by atoms with Gasteiger partial charge in [0.2, 0.25) is 0 Å². The van der Waals surface area contributed by atoms with Crippen molar-refractivity contribution < 1.29 is 0 Å². The van der Waals surface area contributed by atoms with Crippen LogP contribution >= 0.6 is 11.8 Å². The molecule has 0 amide bonds. The normalized spacial score (nSPS) is 23.9. The van der Waals surface area contributed by atoms with Gasteiger partial charge in [-0.05, 0) is 26.4 Å². The van der Waals surface area contributed by atoms with Gasteiger partial charge in [-0.2, -0.15) is 11.8 Å². The van der Waals surface area contributed by atoms with Crippen molar-refractivity contribution in [2.75, 3.05) is 31.6 Å². The molecule has 3 heteroatoms. The van der Waals surface area contributed by atoms with E-state index in [4.69, 9.17) is 6.42 Å². The van der Waals surface area contributed by atoms with E-state index in [0.717, 1.165) is 19.4 Å². The third-order valence-corrected chi connectivity index (χ3v) is 4.26. The van der Waals surface area contributed by atoms with Gasteiger partial charge >= 0.3 is 0 Å². The smallest absolute Gasteiger partial charge is 0.0337 e. The van der Waals surface area contributed by atoms with Crippen molar-refractivity contribution in [3.8, 4) is 12.3 Å². The third kappa shape index (κ3) is 4.37. The molecule has 0 aromatic heterocycles. The molecule has 1 rings (SSSR count). The van der Waals surface area contributed by atoms with Crippen LogP contribution in [0.5, 0.6) is 0 Å². The van der Waals surface area contributed by atoms with Crippen LogP contribution in [0.1, 0.15) is 26.2 Å². The zero-order valence-electron chi connectivity index (χ0n) is 10.5. The van der Waals surface area contributed by atoms with Crippen molar-refractivity contribution in [3.05, 3.63) is 0 Å². The maximum absolute atomic E-state index is 5.31. The highest BCUT2D eigenvalue weighted by molar-refractivity contribution is 7.99. The predicted octanol–water partition coefficient (Wildman–Crippen LogP) is 1.82. The molecule has 0 bridgehead atoms. The van der Waals surface area contributed by atoms with Gasteiger partial charge in [-0.15, -0.1) is 12.3 Å². The van der Waals surface area contributed by atoms with Gasteiger partial charge in [0.1, 0.15) is 0 Å². The van der Waals surface area contributed by atoms with E-state index in [1.54, 1.807) is 0 Å². The van der Waals surface area contributed by atoms with Crippen LogP contribution in [-0.2, 0) is 0 Å². The van der Waals surface area contributed by atoms with E-state index in [9.17, 15) is 0 Å². The fourth-order valence-electron chi connectivity index (χ4n) is 2.25. The zero-order valence-corrected chi connectivity index (χ0v) is 11.4. The Morgan fingerprint density at radius 2 is 2.44 bits per heavy atom. The average molecular weight is 240 g/mol. The summed E-state index contributed by atoms with van der Waals surface area (Å²) in [4.78, 5) is 2.50. The summed E-state index contributed by atoms with van der Waals surface area (Å²) in [6.07, 6.45) is 8.56. The number of hydrogen-bond acceptors (Lipinski definition) is 3. The van der Waals surface area contributed by atoms with E-state index < -0.39 is 0 Å². The second kappa shape index (κ2) is 8.00. The number of nitrogens with one attached hydrogen (secondary N) is 1. The van der Waals surface area contributed by atoms with Crippen LogP contribution in [0, 0.1) is 12.3 Å². The molecule has 0 radical (unpaired) electrons. The third-order valence-electron chi connectivity index (χ3n) is 3.21. The first-order valence-corrected chi connectivity index (χ1v) is 7.40. The molecule has 0 aromatic rings. The summed E-state index contributed by atoms with van der Waals surface area (Å²) in [5.74, 6) is 5.26. The van der Waals surface area contributed by atoms with Gasteiger partial charge in [-0.1, -0.05) is 6.92 Å². The Balaban J connectivity index is 2.43. The standard InChI is InChI=1S/C13H24N2S/c1-4-6-7-8-12(14-5-2)13-11-16-10-9-15(13)3/h1,12-14H,5-11H2,2-3H3. The topological polar surface area (TPSA) is 15.3 Å². The first-order chi connectivity index (χ1) is 7.79. The lowest BCUT2D eigenvalue weighted by Crippen LogP contribution is -2.52. The van der Waals surface area contributed by atoms with Crippen molar-refractivity contribution in [1.29, 1.82) is 0 Å². The summed E-state index contributed by atoms with van der Waals surface area (Å²) in [5.41, 5.74) is 0. The molecule has 1 heterocycles. The minimum absolute atomic E-state index is 0.608. The molecule has 1 aliphatic heterocycles. The minimum Gasteiger partial charge on any atom is -0.313 e. The maximum atomic E-state index is 5.31. The van der Waals surface area contributed by atoms with Crippen LogP contribution in [0.3, 0.4) is 0 Å². The van der Waals surface area contributed by atoms with Crippen LogP contribution in [0.2, 0.25) is 0 Å². The number of likely N-dealkylation sites (N-methyl/N-ethyl adjacent to an activating group) is 2. The zero-order chi connectivity index (χ0) is 11.8. The maximum Gasteiger partial charge on any atom is 0.0337 e. The molecule has 2 unspecified atom stereocenters. The molecule has 1 N–H and O–H groups in total. The quantitative estimate of drug-likeness (QED) is 0.563. The van der Waals surface area contributed by atoms with E-state index in [1.807, 2.05) is 0 Å². The summed E-state index contributed by atoms with van der Waals surface area (Å²) in [6.45, 7) is 4.45. The largest absolute Gasteiger partial charge is 0.313 e. The summed E-state index contributed by atoms with van der Waals surface area (Å²) >= 11 is 2.08. The Kier molecular flexibility index (Phi) is 6.95. The fraction of sp³-hybridized carbons (Fsp3) is 0.846. The molecule has 0 aromatic carbocycles. The molecule has 16 heavy (non-hydrogen) atoms. The lowest BCUT2D eigenvalue weighted by molar-refractivity contribution is 0.208. The summed E-state index contributed by atoms with van der Waals surface area (Å²) in [5, 5.41) is 3.62. The fourth-order valence-corrected chi connectivity index (χ4v) is 3.56. The molecule has 0 aliphatic carbocycles. The molecule has 2 nitrogen and oxygen atoms in total. The van der Waals surface area contributed by atoms with Crippen LogP contribution in [-0.4, -0.2) is 48.6 Å². The Morgan fingerprint density at radius 1 is 1.62 bits per heavy atom. The van der Waals surface area contributed by atoms with Crippen molar-refractivity contribution >= 4 is 11.8 Å². The van der Waals surface area contributed by atoms with Crippen molar-refractivity contribution in [1.82, 2.24) is 10.2 Å². The summed E-state index contributed by atoms with van der Waals surface area (Å²) in [7, 11) is 2.25. The van der Waals surface area contributed by atoms with Gasteiger partial charge in [-0.25, -0.2) is 0 Å². The number of rotatable bonds is 6. The lowest BCUT2D eigenvalue weighted by Gasteiger charge is -2.38. The summed E-state index contributed by atoms with van der Waals surface area (Å²) in [6, 6.07) is 1.28. The van der Waals surface area contributed by atoms with Gasteiger partial charge < -0.3 is 10.2 Å². The van der Waals surface area contributed by atoms with Gasteiger partial charge in [-0.3, -0.25) is 0 Å². The predicted molar refractivity (Wildman–Crippen MR) is 73.9 cm³/mol. The Hall–Kier alpha value is -0.170. The number of hydrogen-bond donors (Lipinski definition) is 1. The lowest BCUT2D eigenvalue weighted by atomic mass is 10.0. The van der Waals surface area contributed by atoms with Crippen molar-refractivity contribution in [2.45, 2.75) is 38.3 Å². The number of terminal acetylenes is 1. The molecule has 1 fully saturated rings. The Bertz CT molecular complexity index is 224. The van der Waals surface area contributed by atoms with Crippen LogP contribution < -0.4 is 5.32 Å². The number of nitrogens with zero attached hydrogens (tertiary/aromatic N) is 1. The Morgan fingerprint density at radius 3 is 3.06 bits per heavy atom. The van der Waals surface area contributed by atoms with Crippen LogP contribution in [0.15, 0.2) is 0 Å². The molecule has 1 saturated heterocycles. The van der Waals surface area contributed by atoms with Crippen molar-refractivity contribution in [2.24, 2.45) is 0 Å². The van der Waals surface area contributed by atoms with Gasteiger partial charge in [0.05, 0.1) is 0 Å². The van der Waals surface area contributed by atoms with Crippen LogP contribution in [0.4, 0.5) is 0 Å². The van der Waals surface area contributed by atoms with E-state index in [1.165, 1.54) is 24.5 Å². The molecule has 1 aliphatic rings. The van der Waals surface area contributed by atoms with Gasteiger partial charge in [0.15, 0.2) is 0 Å². The molecule has 0 saturated carbocycles. The monoisotopic (exact) mass is 240 g/mol. The molecular weight excluding hydrogens is 216 g/mol. The highest BCUT2D eigenvalue weighted by Crippen LogP contribution is 2.20. The number of unbranched alkanes of at least 4 members (excludes halogenated alkanes) is 1. The molecule has 92 valence electrons. The second-order valence-corrected chi connectivity index (χ2v) is 5.53. The van der Waals surface area contributed by atoms with E-state index in [-0.39, 0.29) is 0 Å². The minimum atomic E-state index is 0.608. The van der Waals surface area contributed by atoms with Crippen molar-refractivity contribution in [3.63, 3.8) is 0 Å². The number of thioether (sulfide) groups is 1. The highest BCUT2D eigenvalue weighted by atomic mass is 32.2. The molecule has 2 atom stereocenters. The molecule has 0 spiro atoms. The van der Waals surface area contributed by atoms with Crippen LogP contribution in [0.25, 0.3) is 0 Å². The second-order valence-electron chi connectivity index (χ2n) is 4.38. The summed E-state index contributed by atoms with van der Waals surface area (Å²) < 4.78 is 0. The first kappa shape index (κ1) is 13.9.